The van der Waals surface area contributed by atoms with Crippen molar-refractivity contribution in [3.8, 4) is 0 Å². The summed E-state index contributed by atoms with van der Waals surface area (Å²) in [5, 5.41) is 0.0744. The fraction of sp³-hybridized carbons (Fsp3) is 0.182. The van der Waals surface area contributed by atoms with Crippen molar-refractivity contribution in [2.75, 3.05) is 0 Å². The number of rotatable bonds is 2. The molecule has 1 unspecified atom stereocenters. The van der Waals surface area contributed by atoms with Gasteiger partial charge < -0.3 is 10.2 Å². The molecule has 84 valence electrons. The molecule has 5 heteroatoms. The Bertz CT molecular complexity index is 560. The molecule has 1 aromatic heterocycles. The van der Waals surface area contributed by atoms with Crippen molar-refractivity contribution in [3.63, 3.8) is 0 Å². The molecular weight excluding hydrogens is 216 g/mol. The van der Waals surface area contributed by atoms with E-state index < -0.39 is 29.0 Å². The number of carbonyl (C=O) groups excluding carboxylic acids is 1. The molecule has 1 heterocycles. The predicted octanol–water partition coefficient (Wildman–Crippen LogP) is 2.24. The fourth-order valence-electron chi connectivity index (χ4n) is 1.49. The Morgan fingerprint density at radius 1 is 1.50 bits per heavy atom. The van der Waals surface area contributed by atoms with E-state index in [1.54, 1.807) is 0 Å². The molecule has 0 bridgehead atoms. The summed E-state index contributed by atoms with van der Waals surface area (Å²) in [4.78, 5) is 11.5. The van der Waals surface area contributed by atoms with Crippen molar-refractivity contribution >= 4 is 16.8 Å². The van der Waals surface area contributed by atoms with E-state index in [1.165, 1.54) is 19.3 Å². The standard InChI is InChI=1S/C11H9F2NO2/c1-5(14)11(15)9-7(12)4-8-6(10(9)13)2-3-16-8/h2-5H,14H2,1H3. The zero-order valence-electron chi connectivity index (χ0n) is 8.46. The number of carbonyl (C=O) groups is 1. The van der Waals surface area contributed by atoms with Crippen LogP contribution in [-0.2, 0) is 0 Å². The lowest BCUT2D eigenvalue weighted by molar-refractivity contribution is 0.0960. The lowest BCUT2D eigenvalue weighted by Crippen LogP contribution is -2.28. The third kappa shape index (κ3) is 1.49. The molecule has 0 aliphatic carbocycles. The highest BCUT2D eigenvalue weighted by molar-refractivity contribution is 6.02. The summed E-state index contributed by atoms with van der Waals surface area (Å²) in [5.41, 5.74) is 4.78. The second kappa shape index (κ2) is 3.68. The van der Waals surface area contributed by atoms with Gasteiger partial charge in [-0.1, -0.05) is 0 Å². The average Bonchev–Trinajstić information content (AvgIpc) is 2.65. The first kappa shape index (κ1) is 10.8. The molecular formula is C11H9F2NO2. The number of fused-ring (bicyclic) bond motifs is 1. The number of hydrogen-bond acceptors (Lipinski definition) is 3. The summed E-state index contributed by atoms with van der Waals surface area (Å²) < 4.78 is 32.1. The van der Waals surface area contributed by atoms with Crippen LogP contribution in [0.2, 0.25) is 0 Å². The van der Waals surface area contributed by atoms with E-state index in [1.807, 2.05) is 0 Å². The van der Waals surface area contributed by atoms with Crippen LogP contribution < -0.4 is 5.73 Å². The van der Waals surface area contributed by atoms with Crippen LogP contribution >= 0.6 is 0 Å². The number of hydrogen-bond donors (Lipinski definition) is 1. The van der Waals surface area contributed by atoms with Crippen LogP contribution in [0.1, 0.15) is 17.3 Å². The molecule has 0 saturated carbocycles. The number of ketones is 1. The molecule has 2 N–H and O–H groups in total. The summed E-state index contributed by atoms with van der Waals surface area (Å²) in [5.74, 6) is -2.65. The largest absolute Gasteiger partial charge is 0.464 e. The minimum absolute atomic E-state index is 0.0659. The van der Waals surface area contributed by atoms with Crippen LogP contribution in [0, 0.1) is 11.6 Å². The topological polar surface area (TPSA) is 56.2 Å². The van der Waals surface area contributed by atoms with Gasteiger partial charge in [0, 0.05) is 6.07 Å². The van der Waals surface area contributed by atoms with Gasteiger partial charge in [0.05, 0.1) is 23.3 Å². The number of Topliss-reactive ketones (excluding diaryl/α,β-unsaturated/α-hetero) is 1. The van der Waals surface area contributed by atoms with Crippen molar-refractivity contribution in [1.82, 2.24) is 0 Å². The lowest BCUT2D eigenvalue weighted by atomic mass is 10.0. The third-order valence-electron chi connectivity index (χ3n) is 2.31. The van der Waals surface area contributed by atoms with E-state index in [0.717, 1.165) is 6.07 Å². The number of nitrogens with two attached hydrogens (primary N) is 1. The molecule has 2 rings (SSSR count). The van der Waals surface area contributed by atoms with Gasteiger partial charge in [0.15, 0.2) is 5.78 Å². The predicted molar refractivity (Wildman–Crippen MR) is 54.1 cm³/mol. The molecule has 1 atom stereocenters. The average molecular weight is 225 g/mol. The Morgan fingerprint density at radius 2 is 2.19 bits per heavy atom. The highest BCUT2D eigenvalue weighted by Crippen LogP contribution is 2.25. The lowest BCUT2D eigenvalue weighted by Gasteiger charge is -2.07. The van der Waals surface area contributed by atoms with Crippen LogP contribution in [0.4, 0.5) is 8.78 Å². The van der Waals surface area contributed by atoms with Gasteiger partial charge in [-0.25, -0.2) is 8.78 Å². The van der Waals surface area contributed by atoms with Crippen LogP contribution in [0.25, 0.3) is 11.0 Å². The van der Waals surface area contributed by atoms with Gasteiger partial charge in [-0.3, -0.25) is 4.79 Å². The van der Waals surface area contributed by atoms with Gasteiger partial charge in [0.2, 0.25) is 0 Å². The molecule has 2 aromatic rings. The van der Waals surface area contributed by atoms with Gasteiger partial charge >= 0.3 is 0 Å². The van der Waals surface area contributed by atoms with Crippen molar-refractivity contribution < 1.29 is 18.0 Å². The van der Waals surface area contributed by atoms with E-state index in [9.17, 15) is 13.6 Å². The Balaban J connectivity index is 2.73. The number of halogens is 2. The van der Waals surface area contributed by atoms with Crippen molar-refractivity contribution in [2.24, 2.45) is 5.73 Å². The maximum atomic E-state index is 13.8. The van der Waals surface area contributed by atoms with Crippen molar-refractivity contribution in [3.05, 3.63) is 35.6 Å². The summed E-state index contributed by atoms with van der Waals surface area (Å²) in [6.07, 6.45) is 1.23. The van der Waals surface area contributed by atoms with Crippen molar-refractivity contribution in [1.29, 1.82) is 0 Å². The molecule has 1 aromatic carbocycles. The van der Waals surface area contributed by atoms with Crippen LogP contribution in [0.15, 0.2) is 22.8 Å². The zero-order valence-corrected chi connectivity index (χ0v) is 8.46. The Morgan fingerprint density at radius 3 is 2.81 bits per heavy atom. The molecule has 0 saturated heterocycles. The maximum absolute atomic E-state index is 13.8. The Hall–Kier alpha value is -1.75. The van der Waals surface area contributed by atoms with Gasteiger partial charge in [-0.05, 0) is 13.0 Å². The smallest absolute Gasteiger partial charge is 0.185 e. The van der Waals surface area contributed by atoms with E-state index in [-0.39, 0.29) is 11.0 Å². The van der Waals surface area contributed by atoms with E-state index in [2.05, 4.69) is 0 Å². The summed E-state index contributed by atoms with van der Waals surface area (Å²) in [6, 6.07) is 1.36. The number of furan rings is 1. The van der Waals surface area contributed by atoms with Crippen LogP contribution in [0.5, 0.6) is 0 Å². The summed E-state index contributed by atoms with van der Waals surface area (Å²) in [7, 11) is 0. The van der Waals surface area contributed by atoms with E-state index in [0.29, 0.717) is 0 Å². The van der Waals surface area contributed by atoms with Crippen LogP contribution in [-0.4, -0.2) is 11.8 Å². The monoisotopic (exact) mass is 225 g/mol. The summed E-state index contributed by atoms with van der Waals surface area (Å²) >= 11 is 0. The molecule has 16 heavy (non-hydrogen) atoms. The molecule has 0 fully saturated rings. The highest BCUT2D eigenvalue weighted by atomic mass is 19.1. The first-order valence-electron chi connectivity index (χ1n) is 4.67. The molecule has 0 radical (unpaired) electrons. The second-order valence-corrected chi connectivity index (χ2v) is 3.53. The van der Waals surface area contributed by atoms with Gasteiger partial charge in [-0.15, -0.1) is 0 Å². The Labute approximate surface area is 89.8 Å². The van der Waals surface area contributed by atoms with Gasteiger partial charge in [0.25, 0.3) is 0 Å². The fourth-order valence-corrected chi connectivity index (χ4v) is 1.49. The SMILES string of the molecule is CC(N)C(=O)c1c(F)cc2occc2c1F. The van der Waals surface area contributed by atoms with Gasteiger partial charge in [-0.2, -0.15) is 0 Å². The number of benzene rings is 1. The third-order valence-corrected chi connectivity index (χ3v) is 2.31. The maximum Gasteiger partial charge on any atom is 0.185 e. The van der Waals surface area contributed by atoms with Crippen LogP contribution in [0.3, 0.4) is 0 Å². The molecule has 0 amide bonds. The second-order valence-electron chi connectivity index (χ2n) is 3.53. The minimum Gasteiger partial charge on any atom is -0.464 e. The molecule has 3 nitrogen and oxygen atoms in total. The van der Waals surface area contributed by atoms with Gasteiger partial charge in [0.1, 0.15) is 17.2 Å². The molecule has 0 aliphatic rings. The van der Waals surface area contributed by atoms with Crippen molar-refractivity contribution in [2.45, 2.75) is 13.0 Å². The molecule has 0 aliphatic heterocycles. The first-order chi connectivity index (χ1) is 7.52. The van der Waals surface area contributed by atoms with E-state index >= 15 is 0 Å². The van der Waals surface area contributed by atoms with E-state index in [4.69, 9.17) is 10.2 Å². The first-order valence-corrected chi connectivity index (χ1v) is 4.67. The quantitative estimate of drug-likeness (QED) is 0.797. The zero-order chi connectivity index (χ0) is 11.9. The summed E-state index contributed by atoms with van der Waals surface area (Å²) in [6.45, 7) is 1.38. The molecule has 0 spiro atoms. The highest BCUT2D eigenvalue weighted by Gasteiger charge is 2.23. The minimum atomic E-state index is -0.956. The Kier molecular flexibility index (Phi) is 2.47. The normalized spacial score (nSPS) is 13.0.